The molecule has 2 amide bonds. The number of pyridine rings is 1. The van der Waals surface area contributed by atoms with Gasteiger partial charge in [0, 0.05) is 11.8 Å². The van der Waals surface area contributed by atoms with E-state index in [0.717, 1.165) is 22.3 Å². The monoisotopic (exact) mass is 355 g/mol. The molecule has 0 unspecified atom stereocenters. The van der Waals surface area contributed by atoms with Crippen molar-refractivity contribution in [2.75, 3.05) is 0 Å². The Morgan fingerprint density at radius 2 is 2.00 bits per heavy atom. The number of nitrogens with one attached hydrogen (secondary N) is 1. The van der Waals surface area contributed by atoms with Crippen LogP contribution < -0.4 is 5.43 Å². The van der Waals surface area contributed by atoms with Gasteiger partial charge in [-0.25, -0.2) is 0 Å². The van der Waals surface area contributed by atoms with Crippen LogP contribution in [-0.4, -0.2) is 26.1 Å². The average molecular weight is 355 g/mol. The van der Waals surface area contributed by atoms with Crippen LogP contribution in [0.2, 0.25) is 0 Å². The van der Waals surface area contributed by atoms with Crippen LogP contribution in [-0.2, 0) is 4.79 Å². The highest BCUT2D eigenvalue weighted by Gasteiger charge is 2.33. The highest BCUT2D eigenvalue weighted by Crippen LogP contribution is 2.31. The molecule has 1 fully saturated rings. The molecular weight excluding hydrogens is 342 g/mol. The van der Waals surface area contributed by atoms with Gasteiger partial charge in [0.05, 0.1) is 10.6 Å². The molecule has 0 bridgehead atoms. The zero-order chi connectivity index (χ0) is 17.1. The minimum atomic E-state index is -0.384. The first-order valence-corrected chi connectivity index (χ1v) is 8.34. The fourth-order valence-corrected chi connectivity index (χ4v) is 3.19. The van der Waals surface area contributed by atoms with E-state index >= 15 is 0 Å². The van der Waals surface area contributed by atoms with Crippen molar-refractivity contribution in [3.05, 3.63) is 70.4 Å². The molecule has 1 aliphatic heterocycles. The van der Waals surface area contributed by atoms with Gasteiger partial charge < -0.3 is 0 Å². The lowest BCUT2D eigenvalue weighted by Crippen LogP contribution is -2.44. The molecular formula is C17H13N3O2S2. The van der Waals surface area contributed by atoms with Crippen molar-refractivity contribution in [3.63, 3.8) is 0 Å². The fraction of sp³-hybridized carbons (Fsp3) is 0.0588. The lowest BCUT2D eigenvalue weighted by atomic mass is 10.1. The molecule has 1 aromatic carbocycles. The summed E-state index contributed by atoms with van der Waals surface area (Å²) in [4.78, 5) is 29.3. The molecule has 1 aromatic heterocycles. The van der Waals surface area contributed by atoms with E-state index in [1.54, 1.807) is 36.5 Å². The van der Waals surface area contributed by atoms with E-state index in [-0.39, 0.29) is 16.1 Å². The third-order valence-corrected chi connectivity index (χ3v) is 4.59. The molecule has 1 aliphatic rings. The Balaban J connectivity index is 1.76. The van der Waals surface area contributed by atoms with Crippen molar-refractivity contribution in [3.8, 4) is 0 Å². The van der Waals surface area contributed by atoms with E-state index in [0.29, 0.717) is 16.2 Å². The van der Waals surface area contributed by atoms with Gasteiger partial charge in [0.15, 0.2) is 4.32 Å². The Labute approximate surface area is 148 Å². The van der Waals surface area contributed by atoms with Crippen LogP contribution in [0.3, 0.4) is 0 Å². The molecule has 2 aromatic rings. The second-order valence-electron chi connectivity index (χ2n) is 5.08. The summed E-state index contributed by atoms with van der Waals surface area (Å²) in [5.74, 6) is -0.749. The highest BCUT2D eigenvalue weighted by atomic mass is 32.2. The minimum Gasteiger partial charge on any atom is -0.267 e. The maximum absolute atomic E-state index is 12.4. The normalized spacial score (nSPS) is 15.9. The molecule has 0 spiro atoms. The van der Waals surface area contributed by atoms with Crippen molar-refractivity contribution in [1.82, 2.24) is 15.4 Å². The van der Waals surface area contributed by atoms with E-state index in [4.69, 9.17) is 12.2 Å². The summed E-state index contributed by atoms with van der Waals surface area (Å²) in [6, 6.07) is 12.5. The number of carbonyl (C=O) groups excluding carboxylic acids is 2. The second-order valence-corrected chi connectivity index (χ2v) is 6.75. The van der Waals surface area contributed by atoms with Crippen LogP contribution in [0.1, 0.15) is 21.6 Å². The predicted octanol–water partition coefficient (Wildman–Crippen LogP) is 2.94. The standard InChI is InChI=1S/C17H13N3O2S2/c1-11-5-7-12(8-6-11)15(21)19-20-16(22)14(24-17(20)23)10-13-4-2-3-9-18-13/h2-10H,1H3,(H,19,21). The molecule has 0 radical (unpaired) electrons. The molecule has 0 atom stereocenters. The number of carbonyl (C=O) groups is 2. The molecule has 1 saturated heterocycles. The number of hydrogen-bond acceptors (Lipinski definition) is 5. The maximum atomic E-state index is 12.4. The fourth-order valence-electron chi connectivity index (χ4n) is 2.03. The predicted molar refractivity (Wildman–Crippen MR) is 97.9 cm³/mol. The topological polar surface area (TPSA) is 62.3 Å². The van der Waals surface area contributed by atoms with E-state index in [1.807, 2.05) is 25.1 Å². The van der Waals surface area contributed by atoms with Gasteiger partial charge in [-0.15, -0.1) is 0 Å². The van der Waals surface area contributed by atoms with Crippen molar-refractivity contribution in [2.24, 2.45) is 0 Å². The Kier molecular flexibility index (Phi) is 4.73. The van der Waals surface area contributed by atoms with Gasteiger partial charge in [-0.3, -0.25) is 20.0 Å². The lowest BCUT2D eigenvalue weighted by Gasteiger charge is -2.15. The largest absolute Gasteiger partial charge is 0.285 e. The van der Waals surface area contributed by atoms with Gasteiger partial charge >= 0.3 is 0 Å². The Morgan fingerprint density at radius 3 is 2.67 bits per heavy atom. The number of amides is 2. The number of aryl methyl sites for hydroxylation is 1. The molecule has 7 heteroatoms. The summed E-state index contributed by atoms with van der Waals surface area (Å²) >= 11 is 6.32. The number of benzene rings is 1. The third kappa shape index (κ3) is 3.52. The molecule has 2 heterocycles. The Morgan fingerprint density at radius 1 is 1.25 bits per heavy atom. The summed E-state index contributed by atoms with van der Waals surface area (Å²) in [5.41, 5.74) is 4.72. The summed E-state index contributed by atoms with van der Waals surface area (Å²) in [6.07, 6.45) is 3.29. The number of hydrogen-bond donors (Lipinski definition) is 1. The molecule has 0 saturated carbocycles. The summed E-state index contributed by atoms with van der Waals surface area (Å²) in [7, 11) is 0. The van der Waals surface area contributed by atoms with Crippen LogP contribution in [0, 0.1) is 6.92 Å². The number of rotatable bonds is 3. The quantitative estimate of drug-likeness (QED) is 0.677. The first kappa shape index (κ1) is 16.4. The van der Waals surface area contributed by atoms with Crippen LogP contribution in [0.15, 0.2) is 53.6 Å². The number of thiocarbonyl (C=S) groups is 1. The Bertz CT molecular complexity index is 833. The lowest BCUT2D eigenvalue weighted by molar-refractivity contribution is -0.123. The minimum absolute atomic E-state index is 0.280. The molecule has 5 nitrogen and oxygen atoms in total. The van der Waals surface area contributed by atoms with Crippen LogP contribution >= 0.6 is 24.0 Å². The van der Waals surface area contributed by atoms with Gasteiger partial charge in [0.25, 0.3) is 11.8 Å². The van der Waals surface area contributed by atoms with Gasteiger partial charge in [0.2, 0.25) is 0 Å². The smallest absolute Gasteiger partial charge is 0.267 e. The number of nitrogens with zero attached hydrogens (tertiary/aromatic N) is 2. The first-order chi connectivity index (χ1) is 11.5. The van der Waals surface area contributed by atoms with Gasteiger partial charge in [-0.1, -0.05) is 35.5 Å². The van der Waals surface area contributed by atoms with Gasteiger partial charge in [-0.05, 0) is 49.5 Å². The van der Waals surface area contributed by atoms with Crippen LogP contribution in [0.4, 0.5) is 0 Å². The van der Waals surface area contributed by atoms with Crippen molar-refractivity contribution < 1.29 is 9.59 Å². The summed E-state index contributed by atoms with van der Waals surface area (Å²) in [6.45, 7) is 1.94. The number of aromatic nitrogens is 1. The van der Waals surface area contributed by atoms with E-state index in [9.17, 15) is 9.59 Å². The molecule has 120 valence electrons. The number of thioether (sulfide) groups is 1. The number of hydrazine groups is 1. The zero-order valence-electron chi connectivity index (χ0n) is 12.7. The summed E-state index contributed by atoms with van der Waals surface area (Å²) in [5, 5.41) is 1.09. The third-order valence-electron chi connectivity index (χ3n) is 3.29. The Hall–Kier alpha value is -2.51. The molecule has 0 aliphatic carbocycles. The van der Waals surface area contributed by atoms with Gasteiger partial charge in [-0.2, -0.15) is 5.01 Å². The maximum Gasteiger partial charge on any atom is 0.285 e. The second kappa shape index (κ2) is 6.94. The van der Waals surface area contributed by atoms with E-state index < -0.39 is 0 Å². The molecule has 1 N–H and O–H groups in total. The zero-order valence-corrected chi connectivity index (χ0v) is 14.4. The van der Waals surface area contributed by atoms with E-state index in [1.165, 1.54) is 0 Å². The molecule has 24 heavy (non-hydrogen) atoms. The van der Waals surface area contributed by atoms with Crippen molar-refractivity contribution in [1.29, 1.82) is 0 Å². The first-order valence-electron chi connectivity index (χ1n) is 7.11. The van der Waals surface area contributed by atoms with Crippen molar-refractivity contribution >= 4 is 46.2 Å². The SMILES string of the molecule is Cc1ccc(C(=O)NN2C(=O)C(=Cc3ccccn3)SC2=S)cc1. The highest BCUT2D eigenvalue weighted by molar-refractivity contribution is 8.26. The van der Waals surface area contributed by atoms with Crippen molar-refractivity contribution in [2.45, 2.75) is 6.92 Å². The van der Waals surface area contributed by atoms with Crippen LogP contribution in [0.25, 0.3) is 6.08 Å². The molecule has 3 rings (SSSR count). The average Bonchev–Trinajstić information content (AvgIpc) is 2.84. The van der Waals surface area contributed by atoms with Crippen LogP contribution in [0.5, 0.6) is 0 Å². The summed E-state index contributed by atoms with van der Waals surface area (Å²) < 4.78 is 0.280. The van der Waals surface area contributed by atoms with Gasteiger partial charge in [0.1, 0.15) is 0 Å². The van der Waals surface area contributed by atoms with E-state index in [2.05, 4.69) is 10.4 Å².